The molecule has 0 fully saturated rings. The first-order chi connectivity index (χ1) is 12.2. The Bertz CT molecular complexity index is 613. The molecule has 0 heterocycles. The van der Waals surface area contributed by atoms with Gasteiger partial charge in [-0.15, -0.1) is 0 Å². The van der Waals surface area contributed by atoms with Crippen LogP contribution in [0.15, 0.2) is 48.5 Å². The third-order valence-corrected chi connectivity index (χ3v) is 3.94. The van der Waals surface area contributed by atoms with Crippen molar-refractivity contribution < 1.29 is 19.5 Å². The van der Waals surface area contributed by atoms with Gasteiger partial charge in [-0.05, 0) is 54.4 Å². The first kappa shape index (κ1) is 19.5. The highest BCUT2D eigenvalue weighted by Gasteiger charge is 2.11. The van der Waals surface area contributed by atoms with Crippen LogP contribution in [0.25, 0.3) is 0 Å². The molecule has 0 atom stereocenters. The molecule has 0 amide bonds. The molecule has 134 valence electrons. The van der Waals surface area contributed by atoms with Crippen LogP contribution in [-0.4, -0.2) is 30.4 Å². The van der Waals surface area contributed by atoms with Crippen molar-refractivity contribution in [2.75, 3.05) is 13.2 Å². The monoisotopic (exact) mass is 342 g/mol. The summed E-state index contributed by atoms with van der Waals surface area (Å²) in [6.45, 7) is 4.28. The number of rotatable bonds is 11. The molecule has 0 bridgehead atoms. The Kier molecular flexibility index (Phi) is 8.53. The van der Waals surface area contributed by atoms with E-state index in [1.807, 2.05) is 0 Å². The summed E-state index contributed by atoms with van der Waals surface area (Å²) in [5.74, 6) is 0.627. The number of benzene rings is 2. The zero-order valence-electron chi connectivity index (χ0n) is 14.9. The van der Waals surface area contributed by atoms with Gasteiger partial charge in [0, 0.05) is 13.2 Å². The number of ether oxygens (including phenoxy) is 2. The zero-order chi connectivity index (χ0) is 17.9. The quantitative estimate of drug-likeness (QED) is 0.487. The van der Waals surface area contributed by atoms with Gasteiger partial charge in [0.25, 0.3) is 0 Å². The summed E-state index contributed by atoms with van der Waals surface area (Å²) in [4.78, 5) is 0. The lowest BCUT2D eigenvalue weighted by Gasteiger charge is -2.09. The molecule has 0 aliphatic carbocycles. The molecule has 0 aromatic heterocycles. The van der Waals surface area contributed by atoms with Gasteiger partial charge in [0.1, 0.15) is 12.4 Å². The molecule has 2 rings (SSSR count). The van der Waals surface area contributed by atoms with Crippen molar-refractivity contribution in [1.82, 2.24) is 0 Å². The minimum atomic E-state index is -1.48. The van der Waals surface area contributed by atoms with Crippen molar-refractivity contribution in [2.45, 2.75) is 39.2 Å². The second-order valence-electron chi connectivity index (χ2n) is 6.12. The Balaban J connectivity index is 1.74. The average molecular weight is 342 g/mol. The van der Waals surface area contributed by atoms with Gasteiger partial charge in [0.15, 0.2) is 0 Å². The van der Waals surface area contributed by atoms with Crippen LogP contribution in [0.5, 0.6) is 5.75 Å². The molecule has 5 heteroatoms. The van der Waals surface area contributed by atoms with Crippen molar-refractivity contribution >= 4 is 12.6 Å². The van der Waals surface area contributed by atoms with Crippen molar-refractivity contribution in [3.63, 3.8) is 0 Å². The summed E-state index contributed by atoms with van der Waals surface area (Å²) < 4.78 is 11.2. The second kappa shape index (κ2) is 10.9. The van der Waals surface area contributed by atoms with E-state index < -0.39 is 7.12 Å². The van der Waals surface area contributed by atoms with Gasteiger partial charge in [-0.2, -0.15) is 0 Å². The van der Waals surface area contributed by atoms with E-state index in [9.17, 15) is 10.0 Å². The predicted molar refractivity (Wildman–Crippen MR) is 101 cm³/mol. The Morgan fingerprint density at radius 1 is 0.920 bits per heavy atom. The lowest BCUT2D eigenvalue weighted by molar-refractivity contribution is 0.131. The van der Waals surface area contributed by atoms with E-state index in [4.69, 9.17) is 9.47 Å². The number of unbranched alkanes of at least 4 members (excludes halogenated alkanes) is 1. The summed E-state index contributed by atoms with van der Waals surface area (Å²) in [5.41, 5.74) is 2.84. The third kappa shape index (κ3) is 7.30. The van der Waals surface area contributed by atoms with Crippen molar-refractivity contribution in [1.29, 1.82) is 0 Å². The fraction of sp³-hybridized carbons (Fsp3) is 0.400. The summed E-state index contributed by atoms with van der Waals surface area (Å²) >= 11 is 0. The normalized spacial score (nSPS) is 10.7. The highest BCUT2D eigenvalue weighted by atomic mass is 16.5. The van der Waals surface area contributed by atoms with Gasteiger partial charge in [-0.1, -0.05) is 43.3 Å². The molecule has 0 aliphatic heterocycles. The number of hydrogen-bond acceptors (Lipinski definition) is 4. The Hall–Kier alpha value is -1.82. The van der Waals surface area contributed by atoms with E-state index in [1.54, 1.807) is 24.3 Å². The molecule has 0 aliphatic rings. The number of hydrogen-bond donors (Lipinski definition) is 2. The first-order valence-electron chi connectivity index (χ1n) is 8.93. The van der Waals surface area contributed by atoms with Gasteiger partial charge in [-0.25, -0.2) is 0 Å². The third-order valence-electron chi connectivity index (χ3n) is 3.94. The topological polar surface area (TPSA) is 58.9 Å². The van der Waals surface area contributed by atoms with E-state index >= 15 is 0 Å². The van der Waals surface area contributed by atoms with E-state index in [1.165, 1.54) is 5.56 Å². The van der Waals surface area contributed by atoms with Crippen molar-refractivity contribution in [3.05, 3.63) is 59.7 Å². The predicted octanol–water partition coefficient (Wildman–Crippen LogP) is 2.69. The lowest BCUT2D eigenvalue weighted by atomic mass is 9.80. The van der Waals surface area contributed by atoms with Gasteiger partial charge >= 0.3 is 7.12 Å². The minimum absolute atomic E-state index is 0.427. The Morgan fingerprint density at radius 3 is 2.40 bits per heavy atom. The fourth-order valence-corrected chi connectivity index (χ4v) is 2.51. The fourth-order valence-electron chi connectivity index (χ4n) is 2.51. The molecular formula is C20H27BO4. The van der Waals surface area contributed by atoms with E-state index in [0.717, 1.165) is 44.5 Å². The lowest BCUT2D eigenvalue weighted by Crippen LogP contribution is -2.29. The number of aryl methyl sites for hydroxylation is 1. The zero-order valence-corrected chi connectivity index (χ0v) is 14.9. The van der Waals surface area contributed by atoms with Gasteiger partial charge in [0.05, 0.1) is 0 Å². The SMILES string of the molecule is CCCOCCCCc1ccc(COc2cccc(B(O)O)c2)cc1. The highest BCUT2D eigenvalue weighted by Crippen LogP contribution is 2.13. The molecule has 2 aromatic rings. The van der Waals surface area contributed by atoms with Crippen LogP contribution < -0.4 is 10.2 Å². The van der Waals surface area contributed by atoms with Crippen molar-refractivity contribution in [2.24, 2.45) is 0 Å². The Morgan fingerprint density at radius 2 is 1.68 bits per heavy atom. The van der Waals surface area contributed by atoms with Crippen LogP contribution >= 0.6 is 0 Å². The summed E-state index contributed by atoms with van der Waals surface area (Å²) in [5, 5.41) is 18.4. The molecule has 2 aromatic carbocycles. The Labute approximate surface area is 150 Å². The molecular weight excluding hydrogens is 315 g/mol. The standard InChI is InChI=1S/C20H27BO4/c1-2-13-24-14-4-3-6-17-9-11-18(12-10-17)16-25-20-8-5-7-19(15-20)21(22)23/h5,7-12,15,22-23H,2-4,6,13-14,16H2,1H3. The second-order valence-corrected chi connectivity index (χ2v) is 6.12. The van der Waals surface area contributed by atoms with Crippen LogP contribution in [0, 0.1) is 0 Å². The minimum Gasteiger partial charge on any atom is -0.489 e. The van der Waals surface area contributed by atoms with Crippen LogP contribution in [0.4, 0.5) is 0 Å². The van der Waals surface area contributed by atoms with Crippen LogP contribution in [-0.2, 0) is 17.8 Å². The largest absolute Gasteiger partial charge is 0.489 e. The van der Waals surface area contributed by atoms with E-state index in [0.29, 0.717) is 17.8 Å². The molecule has 0 spiro atoms. The van der Waals surface area contributed by atoms with E-state index in [-0.39, 0.29) is 0 Å². The summed E-state index contributed by atoms with van der Waals surface area (Å²) in [7, 11) is -1.48. The summed E-state index contributed by atoms with van der Waals surface area (Å²) in [6.07, 6.45) is 4.37. The highest BCUT2D eigenvalue weighted by molar-refractivity contribution is 6.58. The molecule has 0 saturated carbocycles. The van der Waals surface area contributed by atoms with Gasteiger partial charge < -0.3 is 19.5 Å². The van der Waals surface area contributed by atoms with Gasteiger partial charge in [0.2, 0.25) is 0 Å². The molecule has 2 N–H and O–H groups in total. The molecule has 4 nitrogen and oxygen atoms in total. The maximum absolute atomic E-state index is 9.19. The smallest absolute Gasteiger partial charge is 0.488 e. The first-order valence-corrected chi connectivity index (χ1v) is 8.93. The van der Waals surface area contributed by atoms with E-state index in [2.05, 4.69) is 31.2 Å². The van der Waals surface area contributed by atoms with Gasteiger partial charge in [-0.3, -0.25) is 0 Å². The molecule has 25 heavy (non-hydrogen) atoms. The maximum atomic E-state index is 9.19. The molecule has 0 unspecified atom stereocenters. The maximum Gasteiger partial charge on any atom is 0.488 e. The van der Waals surface area contributed by atoms with Crippen LogP contribution in [0.1, 0.15) is 37.3 Å². The molecule has 0 radical (unpaired) electrons. The summed E-state index contributed by atoms with van der Waals surface area (Å²) in [6, 6.07) is 15.3. The van der Waals surface area contributed by atoms with Crippen LogP contribution in [0.2, 0.25) is 0 Å². The average Bonchev–Trinajstić information content (AvgIpc) is 2.64. The van der Waals surface area contributed by atoms with Crippen molar-refractivity contribution in [3.8, 4) is 5.75 Å². The molecule has 0 saturated heterocycles. The van der Waals surface area contributed by atoms with Crippen LogP contribution in [0.3, 0.4) is 0 Å².